The Labute approximate surface area is 142 Å². The van der Waals surface area contributed by atoms with E-state index in [1.165, 1.54) is 31.4 Å². The van der Waals surface area contributed by atoms with E-state index in [1.807, 2.05) is 0 Å². The van der Waals surface area contributed by atoms with Crippen LogP contribution in [-0.2, 0) is 0 Å². The Morgan fingerprint density at radius 2 is 1.71 bits per heavy atom. The molecule has 1 nitrogen and oxygen atoms in total. The summed E-state index contributed by atoms with van der Waals surface area (Å²) in [6.07, 6.45) is 1.14. The summed E-state index contributed by atoms with van der Waals surface area (Å²) >= 11 is 2.48. The number of benzene rings is 2. The molecule has 2 aromatic carbocycles. The van der Waals surface area contributed by atoms with E-state index >= 15 is 0 Å². The second-order valence-corrected chi connectivity index (χ2v) is 6.87. The smallest absolute Gasteiger partial charge is 0.0587 e. The minimum absolute atomic E-state index is 0.273. The molecule has 0 spiro atoms. The van der Waals surface area contributed by atoms with Crippen molar-refractivity contribution in [2.45, 2.75) is 40.2 Å². The van der Waals surface area contributed by atoms with Gasteiger partial charge in [0.1, 0.15) is 0 Å². The summed E-state index contributed by atoms with van der Waals surface area (Å²) < 4.78 is 1.36. The van der Waals surface area contributed by atoms with Gasteiger partial charge < -0.3 is 5.32 Å². The summed E-state index contributed by atoms with van der Waals surface area (Å²) in [5, 5.41) is 3.72. The van der Waals surface area contributed by atoms with E-state index in [1.54, 1.807) is 0 Å². The maximum absolute atomic E-state index is 3.72. The van der Waals surface area contributed by atoms with Crippen LogP contribution in [0.4, 0.5) is 0 Å². The molecule has 2 aromatic rings. The van der Waals surface area contributed by atoms with Crippen molar-refractivity contribution in [3.8, 4) is 0 Å². The van der Waals surface area contributed by atoms with Gasteiger partial charge in [0.25, 0.3) is 0 Å². The topological polar surface area (TPSA) is 12.0 Å². The molecule has 0 aliphatic heterocycles. The predicted octanol–water partition coefficient (Wildman–Crippen LogP) is 5.31. The molecule has 2 rings (SSSR count). The van der Waals surface area contributed by atoms with Crippen LogP contribution in [0.25, 0.3) is 0 Å². The third kappa shape index (κ3) is 4.07. The second kappa shape index (κ2) is 7.41. The molecule has 21 heavy (non-hydrogen) atoms. The molecule has 0 aliphatic carbocycles. The van der Waals surface area contributed by atoms with Crippen LogP contribution in [-0.4, -0.2) is 6.54 Å². The van der Waals surface area contributed by atoms with E-state index in [0.717, 1.165) is 13.0 Å². The molecule has 0 saturated heterocycles. The van der Waals surface area contributed by atoms with E-state index in [-0.39, 0.29) is 6.04 Å². The monoisotopic (exact) mass is 393 g/mol. The van der Waals surface area contributed by atoms with Crippen LogP contribution in [0.3, 0.4) is 0 Å². The summed E-state index contributed by atoms with van der Waals surface area (Å²) in [4.78, 5) is 0. The van der Waals surface area contributed by atoms with E-state index in [0.29, 0.717) is 0 Å². The van der Waals surface area contributed by atoms with Crippen molar-refractivity contribution in [3.05, 3.63) is 67.8 Å². The number of nitrogens with one attached hydrogen (secondary N) is 1. The van der Waals surface area contributed by atoms with Gasteiger partial charge in [0, 0.05) is 3.57 Å². The normalized spacial score (nSPS) is 12.4. The fourth-order valence-corrected chi connectivity index (χ4v) is 3.44. The average molecular weight is 393 g/mol. The summed E-state index contributed by atoms with van der Waals surface area (Å²) in [5.74, 6) is 0. The predicted molar refractivity (Wildman–Crippen MR) is 99.9 cm³/mol. The molecule has 0 bridgehead atoms. The fraction of sp³-hybridized carbons (Fsp3) is 0.368. The zero-order valence-corrected chi connectivity index (χ0v) is 15.5. The van der Waals surface area contributed by atoms with Crippen molar-refractivity contribution in [2.75, 3.05) is 6.54 Å². The first kappa shape index (κ1) is 16.5. The second-order valence-electron chi connectivity index (χ2n) is 5.79. The summed E-state index contributed by atoms with van der Waals surface area (Å²) in [6.45, 7) is 9.78. The van der Waals surface area contributed by atoms with Crippen LogP contribution in [0.15, 0.2) is 36.4 Å². The van der Waals surface area contributed by atoms with E-state index < -0.39 is 0 Å². The zero-order valence-electron chi connectivity index (χ0n) is 13.3. The van der Waals surface area contributed by atoms with Gasteiger partial charge in [-0.2, -0.15) is 0 Å². The van der Waals surface area contributed by atoms with Crippen molar-refractivity contribution in [2.24, 2.45) is 0 Å². The van der Waals surface area contributed by atoms with Crippen molar-refractivity contribution >= 4 is 22.6 Å². The minimum atomic E-state index is 0.273. The maximum atomic E-state index is 3.72. The van der Waals surface area contributed by atoms with Gasteiger partial charge in [-0.25, -0.2) is 0 Å². The molecule has 0 aliphatic rings. The molecule has 0 amide bonds. The van der Waals surface area contributed by atoms with Crippen LogP contribution in [0.2, 0.25) is 0 Å². The Hall–Kier alpha value is -0.870. The third-order valence-corrected chi connectivity index (χ3v) is 5.18. The standard InChI is InChI=1S/C19H24IN/c1-5-9-21-19(16-11-13(2)10-14(3)12-16)17-8-6-7-15(4)18(17)20/h6-8,10-12,19,21H,5,9H2,1-4H3. The van der Waals surface area contributed by atoms with Gasteiger partial charge in [0.05, 0.1) is 6.04 Å². The lowest BCUT2D eigenvalue weighted by atomic mass is 9.94. The van der Waals surface area contributed by atoms with Crippen molar-refractivity contribution in [1.29, 1.82) is 0 Å². The summed E-state index contributed by atoms with van der Waals surface area (Å²) in [6, 6.07) is 13.7. The molecular weight excluding hydrogens is 369 g/mol. The highest BCUT2D eigenvalue weighted by molar-refractivity contribution is 14.1. The van der Waals surface area contributed by atoms with Gasteiger partial charge >= 0.3 is 0 Å². The molecule has 112 valence electrons. The molecule has 1 atom stereocenters. The average Bonchev–Trinajstić information content (AvgIpc) is 2.42. The lowest BCUT2D eigenvalue weighted by Crippen LogP contribution is -2.24. The lowest BCUT2D eigenvalue weighted by Gasteiger charge is -2.22. The number of rotatable bonds is 5. The molecular formula is C19H24IN. The molecule has 0 heterocycles. The van der Waals surface area contributed by atoms with Crippen LogP contribution in [0.1, 0.15) is 47.2 Å². The van der Waals surface area contributed by atoms with Crippen molar-refractivity contribution < 1.29 is 0 Å². The number of aryl methyl sites for hydroxylation is 3. The SMILES string of the molecule is CCCNC(c1cc(C)cc(C)c1)c1cccc(C)c1I. The molecule has 0 saturated carbocycles. The molecule has 0 radical (unpaired) electrons. The van der Waals surface area contributed by atoms with E-state index in [4.69, 9.17) is 0 Å². The Morgan fingerprint density at radius 3 is 2.33 bits per heavy atom. The number of hydrogen-bond donors (Lipinski definition) is 1. The zero-order chi connectivity index (χ0) is 15.4. The van der Waals surface area contributed by atoms with Gasteiger partial charge in [0.2, 0.25) is 0 Å². The van der Waals surface area contributed by atoms with E-state index in [2.05, 4.69) is 92.0 Å². The van der Waals surface area contributed by atoms with Crippen LogP contribution in [0, 0.1) is 24.3 Å². The fourth-order valence-electron chi connectivity index (χ4n) is 2.77. The molecule has 0 aromatic heterocycles. The highest BCUT2D eigenvalue weighted by atomic mass is 127. The van der Waals surface area contributed by atoms with Crippen LogP contribution in [0.5, 0.6) is 0 Å². The maximum Gasteiger partial charge on any atom is 0.0587 e. The highest BCUT2D eigenvalue weighted by Gasteiger charge is 2.17. The highest BCUT2D eigenvalue weighted by Crippen LogP contribution is 2.29. The summed E-state index contributed by atoms with van der Waals surface area (Å²) in [5.41, 5.74) is 6.76. The van der Waals surface area contributed by atoms with Gasteiger partial charge in [-0.1, -0.05) is 54.4 Å². The first-order valence-corrected chi connectivity index (χ1v) is 8.67. The van der Waals surface area contributed by atoms with Crippen molar-refractivity contribution in [3.63, 3.8) is 0 Å². The number of halogens is 1. The first-order chi connectivity index (χ1) is 10.0. The van der Waals surface area contributed by atoms with Gasteiger partial charge in [-0.05, 0) is 73.0 Å². The Balaban J connectivity index is 2.49. The first-order valence-electron chi connectivity index (χ1n) is 7.59. The minimum Gasteiger partial charge on any atom is -0.306 e. The van der Waals surface area contributed by atoms with Crippen molar-refractivity contribution in [1.82, 2.24) is 5.32 Å². The van der Waals surface area contributed by atoms with Gasteiger partial charge in [0.15, 0.2) is 0 Å². The molecule has 2 heteroatoms. The quantitative estimate of drug-likeness (QED) is 0.680. The number of hydrogen-bond acceptors (Lipinski definition) is 1. The molecule has 0 fully saturated rings. The largest absolute Gasteiger partial charge is 0.306 e. The van der Waals surface area contributed by atoms with Crippen LogP contribution >= 0.6 is 22.6 Å². The van der Waals surface area contributed by atoms with Gasteiger partial charge in [-0.3, -0.25) is 0 Å². The Morgan fingerprint density at radius 1 is 1.05 bits per heavy atom. The Kier molecular flexibility index (Phi) is 5.82. The molecule has 1 N–H and O–H groups in total. The molecule has 1 unspecified atom stereocenters. The lowest BCUT2D eigenvalue weighted by molar-refractivity contribution is 0.596. The van der Waals surface area contributed by atoms with Crippen LogP contribution < -0.4 is 5.32 Å². The van der Waals surface area contributed by atoms with E-state index in [9.17, 15) is 0 Å². The Bertz CT molecular complexity index is 599. The third-order valence-electron chi connectivity index (χ3n) is 3.71. The summed E-state index contributed by atoms with van der Waals surface area (Å²) in [7, 11) is 0. The van der Waals surface area contributed by atoms with Gasteiger partial charge in [-0.15, -0.1) is 0 Å².